The Morgan fingerprint density at radius 1 is 1.13 bits per heavy atom. The molecule has 0 saturated heterocycles. The fourth-order valence-electron chi connectivity index (χ4n) is 0.836. The zero-order chi connectivity index (χ0) is 12.5. The fraction of sp³-hybridized carbons (Fsp3) is 1.00. The van der Waals surface area contributed by atoms with Crippen LogP contribution in [-0.4, -0.2) is 32.0 Å². The molecule has 15 heavy (non-hydrogen) atoms. The van der Waals surface area contributed by atoms with Gasteiger partial charge in [0.2, 0.25) is 0 Å². The number of hydrogen-bond acceptors (Lipinski definition) is 3. The first kappa shape index (κ1) is 14.9. The minimum atomic E-state index is -3.01. The molecule has 1 atom stereocenters. The lowest BCUT2D eigenvalue weighted by Gasteiger charge is -2.32. The van der Waals surface area contributed by atoms with E-state index in [-0.39, 0.29) is 5.41 Å². The fourth-order valence-corrected chi connectivity index (χ4v) is 1.18. The predicted molar refractivity (Wildman–Crippen MR) is 65.8 cm³/mol. The van der Waals surface area contributed by atoms with Crippen LogP contribution in [0.25, 0.3) is 0 Å². The lowest BCUT2D eigenvalue weighted by atomic mass is 9.88. The van der Waals surface area contributed by atoms with Crippen molar-refractivity contribution in [3.05, 3.63) is 0 Å². The van der Waals surface area contributed by atoms with Gasteiger partial charge in [-0.15, -0.1) is 0 Å². The summed E-state index contributed by atoms with van der Waals surface area (Å²) in [6.07, 6.45) is 1.29. The zero-order valence-electron chi connectivity index (χ0n) is 11.0. The molecule has 1 N–H and O–H groups in total. The van der Waals surface area contributed by atoms with Gasteiger partial charge in [-0.1, -0.05) is 20.8 Å². The van der Waals surface area contributed by atoms with E-state index in [1.807, 2.05) is 0 Å². The molecule has 0 radical (unpaired) electrons. The SMILES string of the molecule is C[C@H](NCC(C)(C)S(C)(=O)=O)C(C)(C)C. The van der Waals surface area contributed by atoms with Crippen molar-refractivity contribution in [1.29, 1.82) is 0 Å². The normalized spacial score (nSPS) is 16.5. The summed E-state index contributed by atoms with van der Waals surface area (Å²) in [5, 5.41) is 3.29. The van der Waals surface area contributed by atoms with E-state index in [0.717, 1.165) is 0 Å². The Kier molecular flexibility index (Phi) is 4.39. The summed E-state index contributed by atoms with van der Waals surface area (Å²) in [7, 11) is -3.01. The quantitative estimate of drug-likeness (QED) is 0.808. The van der Waals surface area contributed by atoms with Crippen LogP contribution < -0.4 is 5.32 Å². The molecule has 0 aromatic heterocycles. The Morgan fingerprint density at radius 2 is 1.53 bits per heavy atom. The third-order valence-corrected chi connectivity index (χ3v) is 5.29. The average Bonchev–Trinajstić information content (AvgIpc) is 1.96. The summed E-state index contributed by atoms with van der Waals surface area (Å²) < 4.78 is 22.2. The molecule has 0 aliphatic carbocycles. The molecule has 0 rings (SSSR count). The summed E-state index contributed by atoms with van der Waals surface area (Å²) in [6.45, 7) is 12.5. The van der Waals surface area contributed by atoms with Crippen LogP contribution in [0.3, 0.4) is 0 Å². The van der Waals surface area contributed by atoms with Gasteiger partial charge in [0.25, 0.3) is 0 Å². The summed E-state index contributed by atoms with van der Waals surface area (Å²) >= 11 is 0. The first-order valence-corrected chi connectivity index (χ1v) is 7.20. The Bertz CT molecular complexity index is 299. The Morgan fingerprint density at radius 3 is 1.80 bits per heavy atom. The van der Waals surface area contributed by atoms with Gasteiger partial charge in [-0.25, -0.2) is 8.42 Å². The Labute approximate surface area is 94.6 Å². The van der Waals surface area contributed by atoms with Gasteiger partial charge in [0.15, 0.2) is 9.84 Å². The molecule has 92 valence electrons. The molecular weight excluding hydrogens is 210 g/mol. The number of nitrogens with one attached hydrogen (secondary N) is 1. The smallest absolute Gasteiger partial charge is 0.153 e. The summed E-state index contributed by atoms with van der Waals surface area (Å²) in [4.78, 5) is 0. The molecule has 0 aliphatic rings. The predicted octanol–water partition coefficient (Wildman–Crippen LogP) is 1.83. The molecule has 0 aliphatic heterocycles. The highest BCUT2D eigenvalue weighted by Crippen LogP contribution is 2.20. The highest BCUT2D eigenvalue weighted by atomic mass is 32.2. The maximum atomic E-state index is 11.5. The van der Waals surface area contributed by atoms with Crippen LogP contribution in [0.5, 0.6) is 0 Å². The van der Waals surface area contributed by atoms with Crippen molar-refractivity contribution in [1.82, 2.24) is 5.32 Å². The maximum Gasteiger partial charge on any atom is 0.153 e. The summed E-state index contributed by atoms with van der Waals surface area (Å²) in [5.41, 5.74) is 0.146. The number of rotatable bonds is 4. The van der Waals surface area contributed by atoms with E-state index in [1.54, 1.807) is 13.8 Å². The van der Waals surface area contributed by atoms with Gasteiger partial charge in [0, 0.05) is 18.8 Å². The van der Waals surface area contributed by atoms with Gasteiger partial charge >= 0.3 is 0 Å². The van der Waals surface area contributed by atoms with Crippen molar-refractivity contribution in [2.75, 3.05) is 12.8 Å². The second-order valence-electron chi connectivity index (χ2n) is 6.00. The molecule has 0 unspecified atom stereocenters. The summed E-state index contributed by atoms with van der Waals surface area (Å²) in [5.74, 6) is 0. The van der Waals surface area contributed by atoms with Crippen LogP contribution in [0.1, 0.15) is 41.5 Å². The lowest BCUT2D eigenvalue weighted by Crippen LogP contribution is -2.48. The van der Waals surface area contributed by atoms with Gasteiger partial charge in [0.05, 0.1) is 4.75 Å². The van der Waals surface area contributed by atoms with Crippen LogP contribution in [0, 0.1) is 5.41 Å². The van der Waals surface area contributed by atoms with Crippen LogP contribution in [0.4, 0.5) is 0 Å². The Balaban J connectivity index is 4.42. The van der Waals surface area contributed by atoms with Crippen LogP contribution in [0.15, 0.2) is 0 Å². The third-order valence-electron chi connectivity index (χ3n) is 3.14. The topological polar surface area (TPSA) is 46.2 Å². The van der Waals surface area contributed by atoms with Gasteiger partial charge in [-0.05, 0) is 26.2 Å². The number of sulfone groups is 1. The molecule has 3 nitrogen and oxygen atoms in total. The first-order valence-electron chi connectivity index (χ1n) is 5.31. The van der Waals surface area contributed by atoms with E-state index < -0.39 is 14.6 Å². The van der Waals surface area contributed by atoms with E-state index >= 15 is 0 Å². The van der Waals surface area contributed by atoms with Crippen molar-refractivity contribution in [3.63, 3.8) is 0 Å². The van der Waals surface area contributed by atoms with Crippen molar-refractivity contribution in [3.8, 4) is 0 Å². The molecule has 0 bridgehead atoms. The molecular formula is C11H25NO2S. The van der Waals surface area contributed by atoms with Gasteiger partial charge in [-0.2, -0.15) is 0 Å². The molecule has 0 aromatic rings. The van der Waals surface area contributed by atoms with Crippen LogP contribution >= 0.6 is 0 Å². The van der Waals surface area contributed by atoms with E-state index in [2.05, 4.69) is 33.0 Å². The minimum Gasteiger partial charge on any atom is -0.312 e. The minimum absolute atomic E-state index is 0.146. The molecule has 0 aromatic carbocycles. The molecule has 0 saturated carbocycles. The van der Waals surface area contributed by atoms with E-state index in [1.165, 1.54) is 6.26 Å². The standard InChI is InChI=1S/C11H25NO2S/c1-9(10(2,3)4)12-8-11(5,6)15(7,13)14/h9,12H,8H2,1-7H3/t9-/m0/s1. The van der Waals surface area contributed by atoms with Gasteiger partial charge in [0.1, 0.15) is 0 Å². The van der Waals surface area contributed by atoms with Gasteiger partial charge < -0.3 is 5.32 Å². The van der Waals surface area contributed by atoms with Crippen molar-refractivity contribution in [2.24, 2.45) is 5.41 Å². The third kappa shape index (κ3) is 4.51. The van der Waals surface area contributed by atoms with E-state index in [0.29, 0.717) is 12.6 Å². The molecule has 0 heterocycles. The summed E-state index contributed by atoms with van der Waals surface area (Å²) in [6, 6.07) is 0.290. The van der Waals surface area contributed by atoms with Crippen LogP contribution in [-0.2, 0) is 9.84 Å². The monoisotopic (exact) mass is 235 g/mol. The van der Waals surface area contributed by atoms with Crippen molar-refractivity contribution >= 4 is 9.84 Å². The first-order chi connectivity index (χ1) is 6.38. The van der Waals surface area contributed by atoms with Crippen molar-refractivity contribution < 1.29 is 8.42 Å². The second kappa shape index (κ2) is 4.42. The average molecular weight is 235 g/mol. The van der Waals surface area contributed by atoms with Crippen molar-refractivity contribution in [2.45, 2.75) is 52.3 Å². The largest absolute Gasteiger partial charge is 0.312 e. The molecule has 4 heteroatoms. The maximum absolute atomic E-state index is 11.5. The van der Waals surface area contributed by atoms with Gasteiger partial charge in [-0.3, -0.25) is 0 Å². The van der Waals surface area contributed by atoms with E-state index in [4.69, 9.17) is 0 Å². The molecule has 0 spiro atoms. The molecule has 0 fully saturated rings. The number of hydrogen-bond donors (Lipinski definition) is 1. The van der Waals surface area contributed by atoms with Crippen LogP contribution in [0.2, 0.25) is 0 Å². The highest BCUT2D eigenvalue weighted by Gasteiger charge is 2.31. The van der Waals surface area contributed by atoms with E-state index in [9.17, 15) is 8.42 Å². The second-order valence-corrected chi connectivity index (χ2v) is 8.65. The molecule has 0 amide bonds. The zero-order valence-corrected chi connectivity index (χ0v) is 11.8. The highest BCUT2D eigenvalue weighted by molar-refractivity contribution is 7.92. The lowest BCUT2D eigenvalue weighted by molar-refractivity contribution is 0.280. The Hall–Kier alpha value is -0.0900.